The molecule has 1 heterocycles. The standard InChI is InChI=1S/C13H17N5O.2ClH/c1-8-4-5-10(14)6-11(8)13(19)16-9(2)12-17-15-7-18(12)3;;/h4-7,9H,14H2,1-3H3,(H,16,19);2*1H. The van der Waals surface area contributed by atoms with Gasteiger partial charge in [0.25, 0.3) is 5.91 Å². The van der Waals surface area contributed by atoms with Gasteiger partial charge in [0, 0.05) is 18.3 Å². The van der Waals surface area contributed by atoms with Gasteiger partial charge in [0.2, 0.25) is 0 Å². The van der Waals surface area contributed by atoms with E-state index in [1.54, 1.807) is 23.0 Å². The van der Waals surface area contributed by atoms with E-state index in [2.05, 4.69) is 15.5 Å². The lowest BCUT2D eigenvalue weighted by molar-refractivity contribution is 0.0937. The first-order chi connectivity index (χ1) is 8.99. The zero-order valence-electron chi connectivity index (χ0n) is 12.0. The molecular weight excluding hydrogens is 313 g/mol. The Morgan fingerprint density at radius 3 is 2.62 bits per heavy atom. The molecule has 0 spiro atoms. The summed E-state index contributed by atoms with van der Waals surface area (Å²) in [4.78, 5) is 12.2. The maximum absolute atomic E-state index is 12.2. The zero-order chi connectivity index (χ0) is 14.0. The van der Waals surface area contributed by atoms with E-state index in [1.807, 2.05) is 27.0 Å². The number of rotatable bonds is 3. The first kappa shape index (κ1) is 19.2. The third kappa shape index (κ3) is 4.34. The Balaban J connectivity index is 0.00000200. The largest absolute Gasteiger partial charge is 0.399 e. The molecule has 21 heavy (non-hydrogen) atoms. The third-order valence-corrected chi connectivity index (χ3v) is 2.99. The molecule has 1 atom stereocenters. The van der Waals surface area contributed by atoms with Gasteiger partial charge in [-0.15, -0.1) is 35.0 Å². The minimum Gasteiger partial charge on any atom is -0.399 e. The van der Waals surface area contributed by atoms with Crippen molar-refractivity contribution in [1.29, 1.82) is 0 Å². The lowest BCUT2D eigenvalue weighted by Gasteiger charge is -2.14. The van der Waals surface area contributed by atoms with Gasteiger partial charge in [-0.05, 0) is 31.5 Å². The van der Waals surface area contributed by atoms with E-state index in [4.69, 9.17) is 5.73 Å². The maximum atomic E-state index is 12.2. The molecule has 1 amide bonds. The number of carbonyl (C=O) groups is 1. The van der Waals surface area contributed by atoms with Crippen LogP contribution in [-0.2, 0) is 7.05 Å². The molecule has 1 unspecified atom stereocenters. The average Bonchev–Trinajstić information content (AvgIpc) is 2.78. The average molecular weight is 332 g/mol. The summed E-state index contributed by atoms with van der Waals surface area (Å²) in [6, 6.07) is 5.06. The van der Waals surface area contributed by atoms with Crippen LogP contribution in [0.25, 0.3) is 0 Å². The lowest BCUT2D eigenvalue weighted by atomic mass is 10.1. The number of anilines is 1. The highest BCUT2D eigenvalue weighted by Crippen LogP contribution is 2.15. The van der Waals surface area contributed by atoms with Crippen molar-refractivity contribution < 1.29 is 4.79 Å². The third-order valence-electron chi connectivity index (χ3n) is 2.99. The molecule has 0 saturated carbocycles. The fraction of sp³-hybridized carbons (Fsp3) is 0.308. The summed E-state index contributed by atoms with van der Waals surface area (Å²) in [7, 11) is 1.84. The van der Waals surface area contributed by atoms with Crippen molar-refractivity contribution in [2.45, 2.75) is 19.9 Å². The van der Waals surface area contributed by atoms with Crippen molar-refractivity contribution in [2.24, 2.45) is 7.05 Å². The minimum atomic E-state index is -0.221. The Kier molecular flexibility index (Phi) is 7.18. The summed E-state index contributed by atoms with van der Waals surface area (Å²) >= 11 is 0. The van der Waals surface area contributed by atoms with Crippen LogP contribution < -0.4 is 11.1 Å². The number of hydrogen-bond acceptors (Lipinski definition) is 4. The van der Waals surface area contributed by atoms with Crippen molar-refractivity contribution >= 4 is 36.4 Å². The number of nitrogens with zero attached hydrogens (tertiary/aromatic N) is 3. The molecule has 6 nitrogen and oxygen atoms in total. The Hall–Kier alpha value is -1.79. The van der Waals surface area contributed by atoms with Crippen molar-refractivity contribution in [3.8, 4) is 0 Å². The van der Waals surface area contributed by atoms with Crippen LogP contribution in [-0.4, -0.2) is 20.7 Å². The molecule has 8 heteroatoms. The van der Waals surface area contributed by atoms with E-state index in [0.29, 0.717) is 17.1 Å². The molecule has 2 rings (SSSR count). The van der Waals surface area contributed by atoms with Crippen LogP contribution in [0.4, 0.5) is 5.69 Å². The minimum absolute atomic E-state index is 0. The highest BCUT2D eigenvalue weighted by atomic mass is 35.5. The normalized spacial score (nSPS) is 11.0. The van der Waals surface area contributed by atoms with Crippen molar-refractivity contribution in [3.63, 3.8) is 0 Å². The van der Waals surface area contributed by atoms with Gasteiger partial charge in [-0.25, -0.2) is 0 Å². The number of benzene rings is 1. The molecule has 0 bridgehead atoms. The van der Waals surface area contributed by atoms with Crippen LogP contribution in [0, 0.1) is 6.92 Å². The van der Waals surface area contributed by atoms with Crippen molar-refractivity contribution in [3.05, 3.63) is 41.5 Å². The van der Waals surface area contributed by atoms with Gasteiger partial charge in [0.05, 0.1) is 6.04 Å². The van der Waals surface area contributed by atoms with Crippen molar-refractivity contribution in [1.82, 2.24) is 20.1 Å². The van der Waals surface area contributed by atoms with Gasteiger partial charge in [-0.1, -0.05) is 6.07 Å². The topological polar surface area (TPSA) is 85.8 Å². The first-order valence-corrected chi connectivity index (χ1v) is 6.00. The summed E-state index contributed by atoms with van der Waals surface area (Å²) in [6.07, 6.45) is 1.60. The lowest BCUT2D eigenvalue weighted by Crippen LogP contribution is -2.29. The number of nitrogen functional groups attached to an aromatic ring is 1. The van der Waals surface area contributed by atoms with E-state index in [1.165, 1.54) is 0 Å². The predicted molar refractivity (Wildman–Crippen MR) is 87.0 cm³/mol. The molecule has 0 aliphatic rings. The molecule has 1 aromatic carbocycles. The fourth-order valence-corrected chi connectivity index (χ4v) is 1.91. The Bertz CT molecular complexity index is 614. The van der Waals surface area contributed by atoms with E-state index >= 15 is 0 Å². The predicted octanol–water partition coefficient (Wildman–Crippen LogP) is 2.04. The smallest absolute Gasteiger partial charge is 0.252 e. The quantitative estimate of drug-likeness (QED) is 0.842. The van der Waals surface area contributed by atoms with Crippen LogP contribution in [0.15, 0.2) is 24.5 Å². The number of aryl methyl sites for hydroxylation is 2. The number of aromatic nitrogens is 3. The Morgan fingerprint density at radius 2 is 2.05 bits per heavy atom. The van der Waals surface area contributed by atoms with Crippen molar-refractivity contribution in [2.75, 3.05) is 5.73 Å². The molecule has 2 aromatic rings. The monoisotopic (exact) mass is 331 g/mol. The maximum Gasteiger partial charge on any atom is 0.252 e. The second-order valence-electron chi connectivity index (χ2n) is 4.57. The fourth-order valence-electron chi connectivity index (χ4n) is 1.91. The molecule has 0 radical (unpaired) electrons. The van der Waals surface area contributed by atoms with Gasteiger partial charge < -0.3 is 15.6 Å². The van der Waals surface area contributed by atoms with Gasteiger partial charge in [-0.2, -0.15) is 0 Å². The number of hydrogen-bond donors (Lipinski definition) is 2. The van der Waals surface area contributed by atoms with E-state index < -0.39 is 0 Å². The number of nitrogens with two attached hydrogens (primary N) is 1. The Morgan fingerprint density at radius 1 is 1.38 bits per heavy atom. The zero-order valence-corrected chi connectivity index (χ0v) is 13.7. The number of nitrogens with one attached hydrogen (secondary N) is 1. The van der Waals surface area contributed by atoms with Gasteiger partial charge in [0.15, 0.2) is 5.82 Å². The summed E-state index contributed by atoms with van der Waals surface area (Å²) < 4.78 is 1.77. The van der Waals surface area contributed by atoms with Crippen LogP contribution in [0.3, 0.4) is 0 Å². The van der Waals surface area contributed by atoms with E-state index in [-0.39, 0.29) is 36.8 Å². The van der Waals surface area contributed by atoms with Crippen LogP contribution in [0.1, 0.15) is 34.7 Å². The second kappa shape index (κ2) is 7.85. The molecule has 116 valence electrons. The summed E-state index contributed by atoms with van der Waals surface area (Å²) in [5.41, 5.74) is 7.74. The molecule has 0 fully saturated rings. The highest BCUT2D eigenvalue weighted by Gasteiger charge is 2.16. The van der Waals surface area contributed by atoms with Gasteiger partial charge in [-0.3, -0.25) is 4.79 Å². The second-order valence-corrected chi connectivity index (χ2v) is 4.57. The number of halogens is 2. The molecule has 1 aromatic heterocycles. The van der Waals surface area contributed by atoms with Crippen LogP contribution >= 0.6 is 24.8 Å². The Labute approximate surface area is 135 Å². The SMILES string of the molecule is Cc1ccc(N)cc1C(=O)NC(C)c1nncn1C.Cl.Cl. The summed E-state index contributed by atoms with van der Waals surface area (Å²) in [6.45, 7) is 3.74. The summed E-state index contributed by atoms with van der Waals surface area (Å²) in [5.74, 6) is 0.537. The number of carbonyl (C=O) groups excluding carboxylic acids is 1. The van der Waals surface area contributed by atoms with Gasteiger partial charge in [0.1, 0.15) is 6.33 Å². The van der Waals surface area contributed by atoms with E-state index in [0.717, 1.165) is 5.56 Å². The molecular formula is C13H19Cl2N5O. The first-order valence-electron chi connectivity index (χ1n) is 6.00. The summed E-state index contributed by atoms with van der Waals surface area (Å²) in [5, 5.41) is 10.7. The number of amides is 1. The van der Waals surface area contributed by atoms with Crippen LogP contribution in [0.5, 0.6) is 0 Å². The highest BCUT2D eigenvalue weighted by molar-refractivity contribution is 5.96. The van der Waals surface area contributed by atoms with Crippen LogP contribution in [0.2, 0.25) is 0 Å². The molecule has 0 aliphatic heterocycles. The van der Waals surface area contributed by atoms with Gasteiger partial charge >= 0.3 is 0 Å². The molecule has 0 saturated heterocycles. The molecule has 3 N–H and O–H groups in total. The van der Waals surface area contributed by atoms with E-state index in [9.17, 15) is 4.79 Å². The molecule has 0 aliphatic carbocycles.